The third kappa shape index (κ3) is 5.40. The minimum Gasteiger partial charge on any atom is -0.390 e. The number of aliphatic hydroxyl groups is 1. The van der Waals surface area contributed by atoms with E-state index < -0.39 is 0 Å². The second-order valence-corrected chi connectivity index (χ2v) is 7.27. The molecule has 1 aliphatic heterocycles. The maximum absolute atomic E-state index is 10.0. The molecule has 1 aromatic heterocycles. The van der Waals surface area contributed by atoms with Gasteiger partial charge >= 0.3 is 0 Å². The third-order valence-electron chi connectivity index (χ3n) is 3.65. The summed E-state index contributed by atoms with van der Waals surface area (Å²) in [5.41, 5.74) is 0. The number of β-amino-alcohol motifs (C(OH)–C–C–N with tert-alkyl or cyclic N) is 1. The average molecular weight is 303 g/mol. The fourth-order valence-electron chi connectivity index (χ4n) is 2.42. The second kappa shape index (κ2) is 7.60. The van der Waals surface area contributed by atoms with Crippen molar-refractivity contribution in [3.63, 3.8) is 0 Å². The number of halogens is 1. The third-order valence-corrected chi connectivity index (χ3v) is 4.88. The molecule has 1 atom stereocenters. The predicted octanol–water partition coefficient (Wildman–Crippen LogP) is 2.58. The lowest BCUT2D eigenvalue weighted by molar-refractivity contribution is 0.0907. The Morgan fingerprint density at radius 1 is 1.47 bits per heavy atom. The molecular weight excluding hydrogens is 280 g/mol. The van der Waals surface area contributed by atoms with Crippen molar-refractivity contribution in [2.24, 2.45) is 5.92 Å². The normalized spacial score (nSPS) is 19.7. The minimum absolute atomic E-state index is 0.288. The van der Waals surface area contributed by atoms with Crippen LogP contribution in [0.15, 0.2) is 12.1 Å². The smallest absolute Gasteiger partial charge is 0.0931 e. The van der Waals surface area contributed by atoms with Crippen molar-refractivity contribution in [3.05, 3.63) is 21.3 Å². The lowest BCUT2D eigenvalue weighted by Crippen LogP contribution is -2.41. The molecule has 0 aliphatic carbocycles. The van der Waals surface area contributed by atoms with Gasteiger partial charge in [-0.2, -0.15) is 0 Å². The van der Waals surface area contributed by atoms with E-state index in [1.54, 1.807) is 11.3 Å². The standard InChI is InChI=1S/C14H23ClN2OS/c1-11-4-6-17(7-5-11)10-12(18)8-16-9-13-2-3-14(15)19-13/h2-3,11-12,16,18H,4-10H2,1H3. The summed E-state index contributed by atoms with van der Waals surface area (Å²) in [4.78, 5) is 3.58. The number of piperidine rings is 1. The fraction of sp³-hybridized carbons (Fsp3) is 0.714. The van der Waals surface area contributed by atoms with E-state index in [0.29, 0.717) is 6.54 Å². The van der Waals surface area contributed by atoms with E-state index >= 15 is 0 Å². The molecule has 1 aliphatic rings. The summed E-state index contributed by atoms with van der Waals surface area (Å²) >= 11 is 7.46. The summed E-state index contributed by atoms with van der Waals surface area (Å²) in [6.45, 7) is 6.76. The highest BCUT2D eigenvalue weighted by Gasteiger charge is 2.17. The Morgan fingerprint density at radius 3 is 2.84 bits per heavy atom. The number of hydrogen-bond donors (Lipinski definition) is 2. The first kappa shape index (κ1) is 15.3. The number of aliphatic hydroxyl groups excluding tert-OH is 1. The average Bonchev–Trinajstić information content (AvgIpc) is 2.78. The van der Waals surface area contributed by atoms with Crippen LogP contribution >= 0.6 is 22.9 Å². The second-order valence-electron chi connectivity index (χ2n) is 5.47. The predicted molar refractivity (Wildman–Crippen MR) is 81.9 cm³/mol. The Morgan fingerprint density at radius 2 is 2.21 bits per heavy atom. The molecule has 108 valence electrons. The quantitative estimate of drug-likeness (QED) is 0.848. The fourth-order valence-corrected chi connectivity index (χ4v) is 3.47. The highest BCUT2D eigenvalue weighted by molar-refractivity contribution is 7.16. The molecule has 0 aromatic carbocycles. The Labute approximate surface area is 124 Å². The molecule has 2 heterocycles. The Balaban J connectivity index is 1.60. The number of nitrogens with one attached hydrogen (secondary N) is 1. The molecule has 1 saturated heterocycles. The zero-order valence-corrected chi connectivity index (χ0v) is 13.0. The number of likely N-dealkylation sites (tertiary alicyclic amines) is 1. The largest absolute Gasteiger partial charge is 0.390 e. The van der Waals surface area contributed by atoms with E-state index in [9.17, 15) is 5.11 Å². The van der Waals surface area contributed by atoms with E-state index in [2.05, 4.69) is 17.1 Å². The first-order valence-corrected chi connectivity index (χ1v) is 8.18. The summed E-state index contributed by atoms with van der Waals surface area (Å²) in [6.07, 6.45) is 2.23. The molecule has 2 rings (SSSR count). The molecule has 1 aromatic rings. The first-order valence-electron chi connectivity index (χ1n) is 6.99. The molecule has 3 nitrogen and oxygen atoms in total. The highest BCUT2D eigenvalue weighted by atomic mass is 35.5. The Hall–Kier alpha value is -0.130. The van der Waals surface area contributed by atoms with Gasteiger partial charge in [-0.05, 0) is 44.0 Å². The summed E-state index contributed by atoms with van der Waals surface area (Å²) in [5, 5.41) is 13.3. The van der Waals surface area contributed by atoms with Gasteiger partial charge in [0.25, 0.3) is 0 Å². The first-order chi connectivity index (χ1) is 9.13. The topological polar surface area (TPSA) is 35.5 Å². The van der Waals surface area contributed by atoms with E-state index in [0.717, 1.165) is 36.4 Å². The van der Waals surface area contributed by atoms with Gasteiger partial charge in [-0.3, -0.25) is 0 Å². The van der Waals surface area contributed by atoms with Crippen molar-refractivity contribution >= 4 is 22.9 Å². The van der Waals surface area contributed by atoms with Crippen LogP contribution in [0.5, 0.6) is 0 Å². The van der Waals surface area contributed by atoms with Crippen LogP contribution < -0.4 is 5.32 Å². The maximum atomic E-state index is 10.0. The van der Waals surface area contributed by atoms with Gasteiger partial charge in [0.2, 0.25) is 0 Å². The van der Waals surface area contributed by atoms with Gasteiger partial charge in [-0.1, -0.05) is 18.5 Å². The molecule has 0 bridgehead atoms. The van der Waals surface area contributed by atoms with E-state index in [-0.39, 0.29) is 6.10 Å². The molecule has 0 saturated carbocycles. The van der Waals surface area contributed by atoms with Crippen LogP contribution in [-0.2, 0) is 6.54 Å². The van der Waals surface area contributed by atoms with Crippen LogP contribution in [0.4, 0.5) is 0 Å². The van der Waals surface area contributed by atoms with Crippen LogP contribution in [0.2, 0.25) is 4.34 Å². The molecule has 0 spiro atoms. The van der Waals surface area contributed by atoms with Crippen LogP contribution in [0.25, 0.3) is 0 Å². The lowest BCUT2D eigenvalue weighted by atomic mass is 9.99. The summed E-state index contributed by atoms with van der Waals surface area (Å²) in [7, 11) is 0. The summed E-state index contributed by atoms with van der Waals surface area (Å²) < 4.78 is 0.819. The zero-order valence-electron chi connectivity index (χ0n) is 11.4. The van der Waals surface area contributed by atoms with Gasteiger partial charge in [0.1, 0.15) is 0 Å². The highest BCUT2D eigenvalue weighted by Crippen LogP contribution is 2.21. The molecular formula is C14H23ClN2OS. The van der Waals surface area contributed by atoms with Gasteiger partial charge < -0.3 is 15.3 Å². The van der Waals surface area contributed by atoms with Gasteiger partial charge in [-0.25, -0.2) is 0 Å². The van der Waals surface area contributed by atoms with Crippen molar-refractivity contribution in [1.82, 2.24) is 10.2 Å². The Kier molecular flexibility index (Phi) is 6.10. The number of rotatable bonds is 6. The van der Waals surface area contributed by atoms with Gasteiger partial charge in [0.15, 0.2) is 0 Å². The molecule has 0 radical (unpaired) electrons. The van der Waals surface area contributed by atoms with Crippen molar-refractivity contribution in [3.8, 4) is 0 Å². The monoisotopic (exact) mass is 302 g/mol. The van der Waals surface area contributed by atoms with Crippen LogP contribution in [0, 0.1) is 5.92 Å². The molecule has 1 unspecified atom stereocenters. The number of hydrogen-bond acceptors (Lipinski definition) is 4. The van der Waals surface area contributed by atoms with Crippen molar-refractivity contribution in [2.45, 2.75) is 32.4 Å². The Bertz CT molecular complexity index is 377. The molecule has 0 amide bonds. The van der Waals surface area contributed by atoms with Crippen LogP contribution in [-0.4, -0.2) is 42.3 Å². The minimum atomic E-state index is -0.288. The molecule has 2 N–H and O–H groups in total. The van der Waals surface area contributed by atoms with Crippen molar-refractivity contribution < 1.29 is 5.11 Å². The van der Waals surface area contributed by atoms with Gasteiger partial charge in [0, 0.05) is 24.5 Å². The lowest BCUT2D eigenvalue weighted by Gasteiger charge is -2.31. The maximum Gasteiger partial charge on any atom is 0.0931 e. The SMILES string of the molecule is CC1CCN(CC(O)CNCc2ccc(Cl)s2)CC1. The van der Waals surface area contributed by atoms with E-state index in [4.69, 9.17) is 11.6 Å². The van der Waals surface area contributed by atoms with Crippen molar-refractivity contribution in [1.29, 1.82) is 0 Å². The van der Waals surface area contributed by atoms with Crippen LogP contribution in [0.3, 0.4) is 0 Å². The van der Waals surface area contributed by atoms with E-state index in [1.807, 2.05) is 12.1 Å². The van der Waals surface area contributed by atoms with Crippen LogP contribution in [0.1, 0.15) is 24.6 Å². The number of nitrogens with zero attached hydrogens (tertiary/aromatic N) is 1. The molecule has 5 heteroatoms. The zero-order chi connectivity index (χ0) is 13.7. The van der Waals surface area contributed by atoms with Crippen molar-refractivity contribution in [2.75, 3.05) is 26.2 Å². The molecule has 1 fully saturated rings. The van der Waals surface area contributed by atoms with Gasteiger partial charge in [0.05, 0.1) is 10.4 Å². The summed E-state index contributed by atoms with van der Waals surface area (Å²) in [5.74, 6) is 0.843. The number of thiophene rings is 1. The molecule has 19 heavy (non-hydrogen) atoms. The van der Waals surface area contributed by atoms with Gasteiger partial charge in [-0.15, -0.1) is 11.3 Å². The van der Waals surface area contributed by atoms with E-state index in [1.165, 1.54) is 17.7 Å². The summed E-state index contributed by atoms with van der Waals surface area (Å²) in [6, 6.07) is 3.94.